The lowest BCUT2D eigenvalue weighted by molar-refractivity contribution is 0.00368. The van der Waals surface area contributed by atoms with Crippen molar-refractivity contribution >= 4 is 24.6 Å². The van der Waals surface area contributed by atoms with Gasteiger partial charge in [-0.2, -0.15) is 12.7 Å². The SMILES string of the molecule is CCCCN(O[Si](C)(C)C(C)(C)C)S(=O)(=O)N(CCCC)C(=O)OC(C)(C)C. The molecule has 0 unspecified atom stereocenters. The first-order valence-electron chi connectivity index (χ1n) is 10.2. The number of hydroxylamine groups is 1. The molecule has 0 aliphatic carbocycles. The molecule has 0 aliphatic rings. The van der Waals surface area contributed by atoms with Crippen LogP contribution in [-0.4, -0.2) is 50.3 Å². The third kappa shape index (κ3) is 8.38. The molecule has 0 saturated carbocycles. The predicted octanol–water partition coefficient (Wildman–Crippen LogP) is 5.31. The molecule has 0 aromatic heterocycles. The summed E-state index contributed by atoms with van der Waals surface area (Å²) in [7, 11) is -6.59. The van der Waals surface area contributed by atoms with E-state index in [2.05, 4.69) is 0 Å². The van der Waals surface area contributed by atoms with Gasteiger partial charge >= 0.3 is 16.3 Å². The largest absolute Gasteiger partial charge is 0.443 e. The van der Waals surface area contributed by atoms with Gasteiger partial charge in [0.15, 0.2) is 0 Å². The van der Waals surface area contributed by atoms with Crippen LogP contribution >= 0.6 is 0 Å². The number of unbranched alkanes of at least 4 members (excludes halogenated alkanes) is 2. The van der Waals surface area contributed by atoms with Crippen molar-refractivity contribution in [1.82, 2.24) is 8.77 Å². The Balaban J connectivity index is 5.95. The van der Waals surface area contributed by atoms with Crippen LogP contribution in [0.1, 0.15) is 81.1 Å². The van der Waals surface area contributed by atoms with E-state index in [-0.39, 0.29) is 18.1 Å². The summed E-state index contributed by atoms with van der Waals surface area (Å²) in [6.07, 6.45) is 1.91. The topological polar surface area (TPSA) is 76.2 Å². The number of nitrogens with zero attached hydrogens (tertiary/aromatic N) is 2. The normalized spacial score (nSPS) is 13.7. The second kappa shape index (κ2) is 10.4. The molecule has 0 aliphatic heterocycles. The Kier molecular flexibility index (Phi) is 10.2. The van der Waals surface area contributed by atoms with E-state index in [9.17, 15) is 13.2 Å². The van der Waals surface area contributed by atoms with Crippen molar-refractivity contribution < 1.29 is 22.5 Å². The molecular formula is C19H42N2O5SSi. The lowest BCUT2D eigenvalue weighted by Crippen LogP contribution is -2.54. The number of carbonyl (C=O) groups excluding carboxylic acids is 1. The summed E-state index contributed by atoms with van der Waals surface area (Å²) in [4.78, 5) is 12.7. The van der Waals surface area contributed by atoms with Crippen molar-refractivity contribution in [2.45, 2.75) is 105 Å². The first-order chi connectivity index (χ1) is 12.5. The van der Waals surface area contributed by atoms with Gasteiger partial charge in [0.25, 0.3) is 0 Å². The first-order valence-corrected chi connectivity index (χ1v) is 14.5. The minimum absolute atomic E-state index is 0.0667. The third-order valence-electron chi connectivity index (χ3n) is 4.68. The maximum atomic E-state index is 13.4. The number of hydrogen-bond acceptors (Lipinski definition) is 5. The van der Waals surface area contributed by atoms with E-state index in [0.717, 1.165) is 21.6 Å². The molecule has 9 heteroatoms. The molecule has 0 aromatic rings. The molecule has 0 bridgehead atoms. The molecule has 28 heavy (non-hydrogen) atoms. The Morgan fingerprint density at radius 2 is 1.39 bits per heavy atom. The third-order valence-corrected chi connectivity index (χ3v) is 10.8. The molecule has 0 saturated heterocycles. The Hall–Kier alpha value is -0.643. The predicted molar refractivity (Wildman–Crippen MR) is 117 cm³/mol. The molecule has 168 valence electrons. The van der Waals surface area contributed by atoms with Gasteiger partial charge in [0.1, 0.15) is 5.60 Å². The molecular weight excluding hydrogens is 396 g/mol. The number of hydrogen-bond donors (Lipinski definition) is 0. The molecule has 0 N–H and O–H groups in total. The van der Waals surface area contributed by atoms with Crippen LogP contribution in [0.15, 0.2) is 0 Å². The average molecular weight is 439 g/mol. The van der Waals surface area contributed by atoms with E-state index in [1.807, 2.05) is 47.7 Å². The molecule has 0 heterocycles. The Bertz CT molecular complexity index is 594. The van der Waals surface area contributed by atoms with Crippen molar-refractivity contribution in [1.29, 1.82) is 0 Å². The van der Waals surface area contributed by atoms with E-state index in [0.29, 0.717) is 12.8 Å². The van der Waals surface area contributed by atoms with Gasteiger partial charge in [-0.3, -0.25) is 0 Å². The van der Waals surface area contributed by atoms with Gasteiger partial charge in [0.05, 0.1) is 0 Å². The van der Waals surface area contributed by atoms with Crippen molar-refractivity contribution in [3.8, 4) is 0 Å². The van der Waals surface area contributed by atoms with Crippen LogP contribution in [-0.2, 0) is 19.5 Å². The quantitative estimate of drug-likeness (QED) is 0.341. The monoisotopic (exact) mass is 438 g/mol. The number of ether oxygens (including phenoxy) is 1. The molecule has 0 fully saturated rings. The smallest absolute Gasteiger partial charge is 0.425 e. The first kappa shape index (κ1) is 27.4. The lowest BCUT2D eigenvalue weighted by atomic mass is 10.2. The fourth-order valence-electron chi connectivity index (χ4n) is 1.91. The standard InChI is InChI=1S/C19H42N2O5SSi/c1-11-13-15-20(17(22)25-18(3,4)5)27(23,24)21(16-14-12-2)26-28(9,10)19(6,7)8/h11-16H2,1-10H3. The second-order valence-corrected chi connectivity index (χ2v) is 16.1. The average Bonchev–Trinajstić information content (AvgIpc) is 2.48. The van der Waals surface area contributed by atoms with Crippen molar-refractivity contribution in [2.24, 2.45) is 0 Å². The van der Waals surface area contributed by atoms with Crippen molar-refractivity contribution in [3.05, 3.63) is 0 Å². The molecule has 7 nitrogen and oxygen atoms in total. The van der Waals surface area contributed by atoms with Gasteiger partial charge in [-0.1, -0.05) is 51.9 Å². The van der Waals surface area contributed by atoms with Crippen LogP contribution in [0.25, 0.3) is 0 Å². The molecule has 0 aromatic carbocycles. The minimum Gasteiger partial charge on any atom is -0.443 e. The molecule has 0 atom stereocenters. The van der Waals surface area contributed by atoms with Gasteiger partial charge < -0.3 is 9.26 Å². The van der Waals surface area contributed by atoms with E-state index in [1.165, 1.54) is 0 Å². The van der Waals surface area contributed by atoms with E-state index in [1.54, 1.807) is 20.8 Å². The van der Waals surface area contributed by atoms with Crippen LogP contribution in [0.2, 0.25) is 18.1 Å². The fraction of sp³-hybridized carbons (Fsp3) is 0.947. The number of carbonyl (C=O) groups is 1. The fourth-order valence-corrected chi connectivity index (χ4v) is 4.89. The zero-order valence-electron chi connectivity index (χ0n) is 19.6. The molecule has 0 radical (unpaired) electrons. The van der Waals surface area contributed by atoms with Crippen molar-refractivity contribution in [2.75, 3.05) is 13.1 Å². The lowest BCUT2D eigenvalue weighted by Gasteiger charge is -2.40. The van der Waals surface area contributed by atoms with Crippen LogP contribution in [0.4, 0.5) is 4.79 Å². The second-order valence-electron chi connectivity index (χ2n) is 9.65. The Labute approximate surface area is 174 Å². The van der Waals surface area contributed by atoms with Gasteiger partial charge in [-0.25, -0.2) is 4.79 Å². The highest BCUT2D eigenvalue weighted by Crippen LogP contribution is 2.38. The molecule has 1 amide bonds. The molecule has 0 rings (SSSR count). The van der Waals surface area contributed by atoms with Crippen LogP contribution in [0, 0.1) is 0 Å². The van der Waals surface area contributed by atoms with Crippen LogP contribution < -0.4 is 0 Å². The van der Waals surface area contributed by atoms with Crippen molar-refractivity contribution in [3.63, 3.8) is 0 Å². The van der Waals surface area contributed by atoms with Crippen LogP contribution in [0.5, 0.6) is 0 Å². The Morgan fingerprint density at radius 1 is 0.929 bits per heavy atom. The van der Waals surface area contributed by atoms with Crippen LogP contribution in [0.3, 0.4) is 0 Å². The highest BCUT2D eigenvalue weighted by Gasteiger charge is 2.44. The number of amides is 1. The summed E-state index contributed by atoms with van der Waals surface area (Å²) in [5.74, 6) is 0. The maximum Gasteiger partial charge on any atom is 0.425 e. The zero-order chi connectivity index (χ0) is 22.4. The van der Waals surface area contributed by atoms with Gasteiger partial charge in [0.2, 0.25) is 8.32 Å². The van der Waals surface area contributed by atoms with Gasteiger partial charge in [-0.15, -0.1) is 0 Å². The highest BCUT2D eigenvalue weighted by molar-refractivity contribution is 7.87. The maximum absolute atomic E-state index is 13.4. The summed E-state index contributed by atoms with van der Waals surface area (Å²) in [6, 6.07) is 0. The summed E-state index contributed by atoms with van der Waals surface area (Å²) < 4.78 is 40.2. The van der Waals surface area contributed by atoms with E-state index in [4.69, 9.17) is 9.26 Å². The summed E-state index contributed by atoms with van der Waals surface area (Å²) >= 11 is 0. The summed E-state index contributed by atoms with van der Waals surface area (Å²) in [6.45, 7) is 19.5. The van der Waals surface area contributed by atoms with E-state index < -0.39 is 30.2 Å². The van der Waals surface area contributed by atoms with Gasteiger partial charge in [0, 0.05) is 13.1 Å². The summed E-state index contributed by atoms with van der Waals surface area (Å²) in [5.41, 5.74) is -0.786. The van der Waals surface area contributed by atoms with Gasteiger partial charge in [-0.05, 0) is 51.7 Å². The highest BCUT2D eigenvalue weighted by atomic mass is 32.2. The van der Waals surface area contributed by atoms with E-state index >= 15 is 0 Å². The minimum atomic E-state index is -4.17. The Morgan fingerprint density at radius 3 is 1.79 bits per heavy atom. The number of rotatable bonds is 10. The zero-order valence-corrected chi connectivity index (χ0v) is 21.4. The molecule has 0 spiro atoms. The summed E-state index contributed by atoms with van der Waals surface area (Å²) in [5, 5.41) is -0.173.